The van der Waals surface area contributed by atoms with Gasteiger partial charge in [0.05, 0.1) is 12.5 Å². The number of alkyl halides is 6. The Morgan fingerprint density at radius 2 is 1.71 bits per heavy atom. The minimum absolute atomic E-state index is 0.0418. The number of halogens is 6. The molecular weight excluding hydrogens is 424 g/mol. The summed E-state index contributed by atoms with van der Waals surface area (Å²) in [6.45, 7) is -0.327. The van der Waals surface area contributed by atoms with E-state index >= 15 is 0 Å². The second-order valence-corrected chi connectivity index (χ2v) is 9.61. The molecule has 7 nitrogen and oxygen atoms in total. The molecule has 28 heavy (non-hydrogen) atoms. The number of hydrogen-bond acceptors (Lipinski definition) is 7. The van der Waals surface area contributed by atoms with Crippen molar-refractivity contribution in [3.8, 4) is 0 Å². The Morgan fingerprint density at radius 1 is 1.14 bits per heavy atom. The largest absolute Gasteiger partial charge is 0.463 e. The molecule has 1 atom stereocenters. The average Bonchev–Trinajstić information content (AvgIpc) is 2.99. The van der Waals surface area contributed by atoms with E-state index in [9.17, 15) is 40.8 Å². The van der Waals surface area contributed by atoms with Gasteiger partial charge in [-0.05, 0) is 12.8 Å². The van der Waals surface area contributed by atoms with Crippen LogP contribution in [0.25, 0.3) is 0 Å². The van der Waals surface area contributed by atoms with Gasteiger partial charge < -0.3 is 13.8 Å². The Morgan fingerprint density at radius 3 is 2.14 bits per heavy atom. The van der Waals surface area contributed by atoms with E-state index in [-0.39, 0.29) is 20.0 Å². The van der Waals surface area contributed by atoms with Gasteiger partial charge in [-0.15, -0.1) is 4.91 Å². The molecule has 2 aliphatic rings. The van der Waals surface area contributed by atoms with Crippen LogP contribution in [0.1, 0.15) is 26.2 Å². The molecule has 2 fully saturated rings. The van der Waals surface area contributed by atoms with Crippen molar-refractivity contribution in [2.45, 2.75) is 49.4 Å². The number of hydrogen-bond donors (Lipinski definition) is 0. The highest BCUT2D eigenvalue weighted by Gasteiger charge is 2.77. The Hall–Kier alpha value is -1.73. The number of carbonyl (C=O) groups excluding carboxylic acids is 2. The predicted molar refractivity (Wildman–Crippen MR) is 82.9 cm³/mol. The summed E-state index contributed by atoms with van der Waals surface area (Å²) in [6, 6.07) is 0. The highest BCUT2D eigenvalue weighted by Crippen LogP contribution is 2.71. The van der Waals surface area contributed by atoms with E-state index in [2.05, 4.69) is 9.02 Å². The molecule has 0 aromatic carbocycles. The molecule has 2 saturated heterocycles. The van der Waals surface area contributed by atoms with Crippen LogP contribution < -0.4 is 0 Å². The van der Waals surface area contributed by atoms with Crippen LogP contribution in [-0.4, -0.2) is 53.3 Å². The summed E-state index contributed by atoms with van der Waals surface area (Å²) in [5, 5.41) is -3.57. The number of carbonyl (C=O) groups is 2. The van der Waals surface area contributed by atoms with Crippen molar-refractivity contribution in [1.82, 2.24) is 0 Å². The number of nitrogens with zero attached hydrogens (tertiary/aromatic N) is 1. The van der Waals surface area contributed by atoms with Crippen molar-refractivity contribution in [1.29, 1.82) is 0 Å². The smallest absolute Gasteiger partial charge is 0.382 e. The summed E-state index contributed by atoms with van der Waals surface area (Å²) in [5.41, 5.74) is 0. The fourth-order valence-corrected chi connectivity index (χ4v) is 5.95. The topological polar surface area (TPSA) is 91.3 Å². The molecule has 2 rings (SSSR count). The third-order valence-electron chi connectivity index (χ3n) is 4.63. The van der Waals surface area contributed by atoms with Crippen molar-refractivity contribution < 1.29 is 49.7 Å². The van der Waals surface area contributed by atoms with E-state index in [0.29, 0.717) is 0 Å². The molecule has 2 heterocycles. The summed E-state index contributed by atoms with van der Waals surface area (Å²) in [7, 11) is -4.41. The maximum atomic E-state index is 14.4. The normalized spacial score (nSPS) is 31.5. The Bertz CT molecular complexity index is 634. The summed E-state index contributed by atoms with van der Waals surface area (Å²) in [4.78, 5) is 33.8. The fraction of sp³-hybridized carbons (Fsp3) is 0.857. The molecule has 0 amide bonds. The first-order valence-corrected chi connectivity index (χ1v) is 9.99. The maximum absolute atomic E-state index is 14.4. The maximum Gasteiger partial charge on any atom is 0.382 e. The van der Waals surface area contributed by atoms with E-state index in [1.807, 2.05) is 5.34 Å². The quantitative estimate of drug-likeness (QED) is 0.260. The van der Waals surface area contributed by atoms with E-state index in [4.69, 9.17) is 4.74 Å². The van der Waals surface area contributed by atoms with Crippen LogP contribution in [0.2, 0.25) is 0 Å². The van der Waals surface area contributed by atoms with Crippen LogP contribution in [0.3, 0.4) is 0 Å². The van der Waals surface area contributed by atoms with E-state index in [0.717, 1.165) is 0 Å². The first kappa shape index (κ1) is 22.6. The number of ether oxygens (including phenoxy) is 2. The van der Waals surface area contributed by atoms with E-state index < -0.39 is 75.7 Å². The molecule has 0 radical (unpaired) electrons. The van der Waals surface area contributed by atoms with Crippen molar-refractivity contribution in [2.75, 3.05) is 18.1 Å². The van der Waals surface area contributed by atoms with Gasteiger partial charge in [-0.3, -0.25) is 4.79 Å². The van der Waals surface area contributed by atoms with Crippen LogP contribution in [0, 0.1) is 10.8 Å². The first-order chi connectivity index (χ1) is 12.8. The molecule has 2 aliphatic heterocycles. The zero-order chi connectivity index (χ0) is 21.4. The van der Waals surface area contributed by atoms with Gasteiger partial charge in [-0.1, -0.05) is 0 Å². The highest BCUT2D eigenvalue weighted by molar-refractivity contribution is 8.30. The van der Waals surface area contributed by atoms with Crippen LogP contribution in [0.5, 0.6) is 0 Å². The molecule has 0 saturated carbocycles. The van der Waals surface area contributed by atoms with Crippen LogP contribution in [-0.2, 0) is 23.3 Å². The highest BCUT2D eigenvalue weighted by atomic mass is 32.3. The summed E-state index contributed by atoms with van der Waals surface area (Å²) in [5.74, 6) is -15.6. The van der Waals surface area contributed by atoms with Gasteiger partial charge in [0.15, 0.2) is 5.34 Å². The summed E-state index contributed by atoms with van der Waals surface area (Å²) in [6.07, 6.45) is -2.02. The molecule has 162 valence electrons. The molecule has 14 heteroatoms. The first-order valence-electron chi connectivity index (χ1n) is 8.09. The van der Waals surface area contributed by atoms with Crippen LogP contribution in [0.4, 0.5) is 26.3 Å². The van der Waals surface area contributed by atoms with Gasteiger partial charge in [0.2, 0.25) is 6.10 Å². The van der Waals surface area contributed by atoms with Crippen molar-refractivity contribution in [3.63, 3.8) is 0 Å². The fourth-order valence-electron chi connectivity index (χ4n) is 2.89. The van der Waals surface area contributed by atoms with Gasteiger partial charge in [-0.2, -0.15) is 26.3 Å². The Labute approximate surface area is 156 Å². The molecular formula is C14H17F6NO6S. The molecule has 1 unspecified atom stereocenters. The zero-order valence-corrected chi connectivity index (χ0v) is 15.3. The lowest BCUT2D eigenvalue weighted by atomic mass is 10.0. The molecule has 0 aliphatic carbocycles. The number of rotatable bonds is 7. The predicted octanol–water partition coefficient (Wildman–Crippen LogP) is 3.56. The lowest BCUT2D eigenvalue weighted by Crippen LogP contribution is -2.56. The molecule has 0 spiro atoms. The average molecular weight is 441 g/mol. The summed E-state index contributed by atoms with van der Waals surface area (Å²) < 4.78 is 96.3. The number of cyclic esters (lactones) is 1. The van der Waals surface area contributed by atoms with E-state index in [1.54, 1.807) is 0 Å². The lowest BCUT2D eigenvalue weighted by Gasteiger charge is -2.48. The molecule has 0 aromatic heterocycles. The van der Waals surface area contributed by atoms with Crippen molar-refractivity contribution in [3.05, 3.63) is 4.91 Å². The number of esters is 2. The van der Waals surface area contributed by atoms with Crippen LogP contribution >= 0.6 is 10.3 Å². The van der Waals surface area contributed by atoms with Gasteiger partial charge in [0, 0.05) is 35.2 Å². The minimum Gasteiger partial charge on any atom is -0.463 e. The van der Waals surface area contributed by atoms with E-state index in [1.165, 1.54) is 0 Å². The monoisotopic (exact) mass is 441 g/mol. The minimum atomic E-state index is -5.80. The third-order valence-corrected chi connectivity index (χ3v) is 7.96. The Balaban J connectivity index is 2.15. The molecule has 0 aromatic rings. The molecule has 0 bridgehead atoms. The van der Waals surface area contributed by atoms with Crippen molar-refractivity contribution in [2.24, 2.45) is 11.3 Å². The standard InChI is InChI=1S/C14H17F6NO6S/c1-12(15,16)13(17,18)14(19,20)28(27-21-24)6-3-8(4-7-28)10(22)26-9-2-5-25-11(9)23/h8-9H,2-7H2,1H3. The molecule has 0 N–H and O–H groups in total. The second-order valence-electron chi connectivity index (χ2n) is 6.50. The van der Waals surface area contributed by atoms with Gasteiger partial charge >= 0.3 is 29.0 Å². The third kappa shape index (κ3) is 3.74. The van der Waals surface area contributed by atoms with Gasteiger partial charge in [0.25, 0.3) is 0 Å². The SMILES string of the molecule is CC(F)(F)C(F)(F)C(F)(F)S1(ON=O)CCC(C(=O)OC2CCOC2=O)CC1. The lowest BCUT2D eigenvalue weighted by molar-refractivity contribution is -0.272. The second kappa shape index (κ2) is 7.59. The summed E-state index contributed by atoms with van der Waals surface area (Å²) >= 11 is 0. The zero-order valence-electron chi connectivity index (χ0n) is 14.5. The Kier molecular flexibility index (Phi) is 6.12. The van der Waals surface area contributed by atoms with Crippen LogP contribution in [0.15, 0.2) is 5.34 Å². The van der Waals surface area contributed by atoms with Gasteiger partial charge in [-0.25, -0.2) is 4.79 Å². The van der Waals surface area contributed by atoms with Crippen molar-refractivity contribution >= 4 is 22.2 Å². The van der Waals surface area contributed by atoms with Gasteiger partial charge in [0.1, 0.15) is 0 Å².